The Kier molecular flexibility index (Phi) is 6.28. The van der Waals surface area contributed by atoms with Crippen molar-refractivity contribution in [2.24, 2.45) is 7.05 Å². The summed E-state index contributed by atoms with van der Waals surface area (Å²) in [5.74, 6) is -0.296. The first-order valence-corrected chi connectivity index (χ1v) is 11.0. The van der Waals surface area contributed by atoms with E-state index in [0.29, 0.717) is 0 Å². The standard InChI is InChI=1S/C20H23F3N4O3S/c1-14-16(15(2)25(3)24-14)8-9-19(28)26-10-12-27(13-11-26)31(29,30)18-7-5-4-6-17(18)20(21,22)23/h4-9H,10-13H2,1-3H3/b9-8+. The molecule has 0 bridgehead atoms. The summed E-state index contributed by atoms with van der Waals surface area (Å²) >= 11 is 0. The number of sulfonamides is 1. The molecule has 0 aliphatic carbocycles. The van der Waals surface area contributed by atoms with E-state index in [0.717, 1.165) is 39.5 Å². The highest BCUT2D eigenvalue weighted by atomic mass is 32.2. The summed E-state index contributed by atoms with van der Waals surface area (Å²) in [7, 11) is -2.54. The predicted octanol–water partition coefficient (Wildman–Crippen LogP) is 2.60. The van der Waals surface area contributed by atoms with Crippen LogP contribution >= 0.6 is 0 Å². The van der Waals surface area contributed by atoms with Crippen LogP contribution in [0.4, 0.5) is 13.2 Å². The average molecular weight is 456 g/mol. The zero-order chi connectivity index (χ0) is 23.0. The molecule has 1 aliphatic heterocycles. The molecule has 1 amide bonds. The van der Waals surface area contributed by atoms with Crippen LogP contribution in [0, 0.1) is 13.8 Å². The van der Waals surface area contributed by atoms with E-state index in [4.69, 9.17) is 0 Å². The molecular weight excluding hydrogens is 433 g/mol. The van der Waals surface area contributed by atoms with Gasteiger partial charge in [0, 0.05) is 50.6 Å². The fourth-order valence-corrected chi connectivity index (χ4v) is 5.14. The van der Waals surface area contributed by atoms with Gasteiger partial charge in [-0.15, -0.1) is 0 Å². The van der Waals surface area contributed by atoms with Gasteiger partial charge in [-0.25, -0.2) is 8.42 Å². The van der Waals surface area contributed by atoms with Crippen molar-refractivity contribution in [3.05, 3.63) is 52.9 Å². The molecule has 7 nitrogen and oxygen atoms in total. The van der Waals surface area contributed by atoms with Crippen LogP contribution in [0.15, 0.2) is 35.2 Å². The largest absolute Gasteiger partial charge is 0.417 e. The maximum atomic E-state index is 13.2. The lowest BCUT2D eigenvalue weighted by Gasteiger charge is -2.33. The number of piperazine rings is 1. The molecule has 2 heterocycles. The van der Waals surface area contributed by atoms with Crippen LogP contribution in [0.2, 0.25) is 0 Å². The monoisotopic (exact) mass is 456 g/mol. The second-order valence-corrected chi connectivity index (χ2v) is 9.17. The van der Waals surface area contributed by atoms with Gasteiger partial charge in [-0.3, -0.25) is 9.48 Å². The molecule has 0 unspecified atom stereocenters. The minimum absolute atomic E-state index is 0.0843. The Bertz CT molecular complexity index is 1120. The SMILES string of the molecule is Cc1nn(C)c(C)c1/C=C/C(=O)N1CCN(S(=O)(=O)c2ccccc2C(F)(F)F)CC1. The lowest BCUT2D eigenvalue weighted by Crippen LogP contribution is -2.50. The van der Waals surface area contributed by atoms with Crippen LogP contribution < -0.4 is 0 Å². The van der Waals surface area contributed by atoms with Gasteiger partial charge in [-0.2, -0.15) is 22.6 Å². The lowest BCUT2D eigenvalue weighted by molar-refractivity contribution is -0.139. The van der Waals surface area contributed by atoms with Crippen LogP contribution in [-0.4, -0.2) is 59.5 Å². The summed E-state index contributed by atoms with van der Waals surface area (Å²) in [5.41, 5.74) is 1.32. The minimum atomic E-state index is -4.78. The Labute approximate surface area is 178 Å². The molecule has 0 radical (unpaired) electrons. The molecule has 0 spiro atoms. The number of rotatable bonds is 4. The van der Waals surface area contributed by atoms with E-state index in [1.165, 1.54) is 17.0 Å². The topological polar surface area (TPSA) is 75.5 Å². The molecule has 3 rings (SSSR count). The fourth-order valence-electron chi connectivity index (χ4n) is 3.50. The van der Waals surface area contributed by atoms with E-state index in [1.54, 1.807) is 17.8 Å². The Hall–Kier alpha value is -2.66. The van der Waals surface area contributed by atoms with Crippen molar-refractivity contribution in [2.45, 2.75) is 24.9 Å². The maximum absolute atomic E-state index is 13.2. The molecule has 0 saturated carbocycles. The van der Waals surface area contributed by atoms with Gasteiger partial charge >= 0.3 is 6.18 Å². The Balaban J connectivity index is 1.71. The van der Waals surface area contributed by atoms with E-state index in [9.17, 15) is 26.4 Å². The van der Waals surface area contributed by atoms with Crippen molar-refractivity contribution in [3.8, 4) is 0 Å². The molecule has 1 aromatic heterocycles. The first-order valence-electron chi connectivity index (χ1n) is 9.56. The van der Waals surface area contributed by atoms with Crippen molar-refractivity contribution in [1.82, 2.24) is 19.0 Å². The summed E-state index contributed by atoms with van der Waals surface area (Å²) in [6.07, 6.45) is -1.71. The number of amides is 1. The van der Waals surface area contributed by atoms with Crippen molar-refractivity contribution < 1.29 is 26.4 Å². The van der Waals surface area contributed by atoms with E-state index >= 15 is 0 Å². The molecule has 1 aliphatic rings. The number of nitrogens with zero attached hydrogens (tertiary/aromatic N) is 4. The maximum Gasteiger partial charge on any atom is 0.417 e. The molecule has 2 aromatic rings. The van der Waals surface area contributed by atoms with Crippen molar-refractivity contribution in [2.75, 3.05) is 26.2 Å². The van der Waals surface area contributed by atoms with Gasteiger partial charge < -0.3 is 4.90 Å². The van der Waals surface area contributed by atoms with Crippen LogP contribution in [0.25, 0.3) is 6.08 Å². The highest BCUT2D eigenvalue weighted by molar-refractivity contribution is 7.89. The second kappa shape index (κ2) is 8.46. The van der Waals surface area contributed by atoms with Gasteiger partial charge in [0.05, 0.1) is 16.2 Å². The molecule has 31 heavy (non-hydrogen) atoms. The number of hydrogen-bond donors (Lipinski definition) is 0. The molecule has 1 saturated heterocycles. The Morgan fingerprint density at radius 1 is 1.10 bits per heavy atom. The number of carbonyl (C=O) groups is 1. The number of aromatic nitrogens is 2. The van der Waals surface area contributed by atoms with E-state index < -0.39 is 26.7 Å². The fraction of sp³-hybridized carbons (Fsp3) is 0.400. The van der Waals surface area contributed by atoms with Crippen molar-refractivity contribution >= 4 is 22.0 Å². The Morgan fingerprint density at radius 3 is 2.26 bits per heavy atom. The summed E-state index contributed by atoms with van der Waals surface area (Å²) in [4.78, 5) is 13.2. The number of aryl methyl sites for hydroxylation is 2. The number of benzene rings is 1. The minimum Gasteiger partial charge on any atom is -0.337 e. The van der Waals surface area contributed by atoms with E-state index in [1.807, 2.05) is 13.8 Å². The van der Waals surface area contributed by atoms with Crippen LogP contribution in [0.1, 0.15) is 22.5 Å². The van der Waals surface area contributed by atoms with Crippen LogP contribution in [0.5, 0.6) is 0 Å². The van der Waals surface area contributed by atoms with Gasteiger partial charge in [0.25, 0.3) is 0 Å². The van der Waals surface area contributed by atoms with Gasteiger partial charge in [-0.05, 0) is 32.1 Å². The lowest BCUT2D eigenvalue weighted by atomic mass is 10.2. The third kappa shape index (κ3) is 4.67. The zero-order valence-electron chi connectivity index (χ0n) is 17.3. The summed E-state index contributed by atoms with van der Waals surface area (Å²) in [5, 5.41) is 4.28. The Morgan fingerprint density at radius 2 is 1.71 bits per heavy atom. The highest BCUT2D eigenvalue weighted by Gasteiger charge is 2.39. The summed E-state index contributed by atoms with van der Waals surface area (Å²) in [6, 6.07) is 4.11. The normalized spacial score (nSPS) is 16.3. The second-order valence-electron chi connectivity index (χ2n) is 7.26. The van der Waals surface area contributed by atoms with E-state index in [2.05, 4.69) is 5.10 Å². The third-order valence-corrected chi connectivity index (χ3v) is 7.27. The molecular formula is C20H23F3N4O3S. The van der Waals surface area contributed by atoms with Crippen molar-refractivity contribution in [3.63, 3.8) is 0 Å². The number of carbonyl (C=O) groups excluding carboxylic acids is 1. The molecule has 1 aromatic carbocycles. The summed E-state index contributed by atoms with van der Waals surface area (Å²) < 4.78 is 68.1. The molecule has 1 fully saturated rings. The van der Waals surface area contributed by atoms with Gasteiger partial charge in [0.15, 0.2) is 0 Å². The molecule has 0 atom stereocenters. The van der Waals surface area contributed by atoms with Gasteiger partial charge in [-0.1, -0.05) is 12.1 Å². The molecule has 11 heteroatoms. The number of hydrogen-bond acceptors (Lipinski definition) is 4. The van der Waals surface area contributed by atoms with Crippen molar-refractivity contribution in [1.29, 1.82) is 0 Å². The zero-order valence-corrected chi connectivity index (χ0v) is 18.2. The quantitative estimate of drug-likeness (QED) is 0.663. The molecule has 168 valence electrons. The molecule has 0 N–H and O–H groups in total. The number of alkyl halides is 3. The first kappa shape index (κ1) is 23.0. The van der Waals surface area contributed by atoms with E-state index in [-0.39, 0.29) is 32.1 Å². The smallest absolute Gasteiger partial charge is 0.337 e. The predicted molar refractivity (Wildman–Crippen MR) is 108 cm³/mol. The third-order valence-electron chi connectivity index (χ3n) is 5.32. The van der Waals surface area contributed by atoms with Gasteiger partial charge in [0.1, 0.15) is 0 Å². The van der Waals surface area contributed by atoms with Crippen LogP contribution in [0.3, 0.4) is 0 Å². The number of halogens is 3. The average Bonchev–Trinajstić information content (AvgIpc) is 2.97. The van der Waals surface area contributed by atoms with Gasteiger partial charge in [0.2, 0.25) is 15.9 Å². The summed E-state index contributed by atoms with van der Waals surface area (Å²) in [6.45, 7) is 3.72. The first-order chi connectivity index (χ1) is 14.4. The highest BCUT2D eigenvalue weighted by Crippen LogP contribution is 2.35. The van der Waals surface area contributed by atoms with Crippen LogP contribution in [-0.2, 0) is 28.0 Å².